The van der Waals surface area contributed by atoms with E-state index in [1.165, 1.54) is 6.92 Å². The lowest BCUT2D eigenvalue weighted by Crippen LogP contribution is -2.03. The molecule has 0 aromatic carbocycles. The zero-order valence-electron chi connectivity index (χ0n) is 12.6. The summed E-state index contributed by atoms with van der Waals surface area (Å²) in [7, 11) is 3.25. The highest BCUT2D eigenvalue weighted by molar-refractivity contribution is 5.63. The maximum atomic E-state index is 9.00. The maximum Gasteiger partial charge on any atom is 0.300 e. The molecule has 0 fully saturated rings. The summed E-state index contributed by atoms with van der Waals surface area (Å²) in [6.45, 7) is 8.81. The molecule has 0 saturated carbocycles. The lowest BCUT2D eigenvalue weighted by atomic mass is 10.5. The Morgan fingerprint density at radius 2 is 1.26 bits per heavy atom. The first-order valence-electron chi connectivity index (χ1n) is 5.22. The molecule has 0 amide bonds. The second-order valence-corrected chi connectivity index (χ2v) is 2.89. The zero-order chi connectivity index (χ0) is 16.9. The van der Waals surface area contributed by atoms with Gasteiger partial charge >= 0.3 is 0 Å². The third-order valence-corrected chi connectivity index (χ3v) is 0.264. The van der Waals surface area contributed by atoms with Gasteiger partial charge in [-0.15, -0.1) is 6.58 Å². The van der Waals surface area contributed by atoms with Gasteiger partial charge in [0.25, 0.3) is 11.9 Å². The normalized spacial score (nSPS) is 8.21. The van der Waals surface area contributed by atoms with Crippen molar-refractivity contribution in [3.8, 4) is 0 Å². The second kappa shape index (κ2) is 36.0. The minimum Gasteiger partial charge on any atom is -0.481 e. The average molecular weight is 284 g/mol. The molecular formula is C12H28O7. The van der Waals surface area contributed by atoms with Gasteiger partial charge in [0.15, 0.2) is 0 Å². The molecule has 0 aliphatic heterocycles. The second-order valence-electron chi connectivity index (χ2n) is 2.89. The Kier molecular flexibility index (Phi) is 57.8. The van der Waals surface area contributed by atoms with E-state index in [0.29, 0.717) is 0 Å². The van der Waals surface area contributed by atoms with E-state index in [4.69, 9.17) is 30.0 Å². The SMILES string of the molecule is C=CC.CC(=O)O.CC(=O)O.CC(O)CO.COC. The molecule has 0 aromatic heterocycles. The average Bonchev–Trinajstić information content (AvgIpc) is 2.18. The van der Waals surface area contributed by atoms with Crippen molar-refractivity contribution in [2.24, 2.45) is 0 Å². The number of ether oxygens (including phenoxy) is 1. The van der Waals surface area contributed by atoms with E-state index in [2.05, 4.69) is 11.3 Å². The fraction of sp³-hybridized carbons (Fsp3) is 0.667. The van der Waals surface area contributed by atoms with Gasteiger partial charge in [-0.2, -0.15) is 0 Å². The highest BCUT2D eigenvalue weighted by Crippen LogP contribution is 1.68. The minimum atomic E-state index is -0.833. The van der Waals surface area contributed by atoms with Crippen molar-refractivity contribution >= 4 is 11.9 Å². The Morgan fingerprint density at radius 1 is 1.21 bits per heavy atom. The van der Waals surface area contributed by atoms with Gasteiger partial charge < -0.3 is 25.2 Å². The fourth-order valence-electron chi connectivity index (χ4n) is 0. The first kappa shape index (κ1) is 30.5. The molecule has 1 unspecified atom stereocenters. The largest absolute Gasteiger partial charge is 0.481 e. The molecule has 4 N–H and O–H groups in total. The van der Waals surface area contributed by atoms with E-state index in [1.54, 1.807) is 20.3 Å². The third-order valence-electron chi connectivity index (χ3n) is 0.264. The summed E-state index contributed by atoms with van der Waals surface area (Å²) in [5, 5.41) is 30.8. The summed E-state index contributed by atoms with van der Waals surface area (Å²) in [5.74, 6) is -1.67. The molecule has 0 aromatic rings. The van der Waals surface area contributed by atoms with Crippen LogP contribution in [0.5, 0.6) is 0 Å². The molecule has 0 rings (SSSR count). The molecule has 0 aliphatic carbocycles. The van der Waals surface area contributed by atoms with Gasteiger partial charge in [-0.25, -0.2) is 0 Å². The Balaban J connectivity index is -0.0000000437. The van der Waals surface area contributed by atoms with E-state index in [0.717, 1.165) is 13.8 Å². The van der Waals surface area contributed by atoms with Crippen LogP contribution in [-0.2, 0) is 14.3 Å². The van der Waals surface area contributed by atoms with Gasteiger partial charge in [0.05, 0.1) is 12.7 Å². The summed E-state index contributed by atoms with van der Waals surface area (Å²) in [6.07, 6.45) is 1.19. The molecule has 1 atom stereocenters. The molecule has 0 radical (unpaired) electrons. The van der Waals surface area contributed by atoms with Crippen molar-refractivity contribution in [1.82, 2.24) is 0 Å². The smallest absolute Gasteiger partial charge is 0.300 e. The number of methoxy groups -OCH3 is 1. The monoisotopic (exact) mass is 284 g/mol. The Labute approximate surface area is 115 Å². The summed E-state index contributed by atoms with van der Waals surface area (Å²) < 4.78 is 4.25. The number of hydrogen-bond acceptors (Lipinski definition) is 5. The van der Waals surface area contributed by atoms with Gasteiger partial charge in [0, 0.05) is 28.1 Å². The van der Waals surface area contributed by atoms with E-state index in [1.807, 2.05) is 6.92 Å². The number of aliphatic carboxylic acids is 2. The van der Waals surface area contributed by atoms with Gasteiger partial charge in [0.2, 0.25) is 0 Å². The van der Waals surface area contributed by atoms with Crippen molar-refractivity contribution in [3.05, 3.63) is 12.7 Å². The van der Waals surface area contributed by atoms with Crippen LogP contribution in [0, 0.1) is 0 Å². The molecule has 0 bridgehead atoms. The Hall–Kier alpha value is -1.44. The molecule has 19 heavy (non-hydrogen) atoms. The van der Waals surface area contributed by atoms with Gasteiger partial charge in [-0.05, 0) is 13.8 Å². The molecule has 0 aliphatic rings. The molecule has 7 nitrogen and oxygen atoms in total. The highest BCUT2D eigenvalue weighted by atomic mass is 16.4. The lowest BCUT2D eigenvalue weighted by molar-refractivity contribution is -0.135. The van der Waals surface area contributed by atoms with E-state index >= 15 is 0 Å². The van der Waals surface area contributed by atoms with E-state index in [9.17, 15) is 0 Å². The van der Waals surface area contributed by atoms with Crippen molar-refractivity contribution in [2.45, 2.75) is 33.8 Å². The zero-order valence-corrected chi connectivity index (χ0v) is 12.6. The van der Waals surface area contributed by atoms with Crippen LogP contribution in [0.3, 0.4) is 0 Å². The topological polar surface area (TPSA) is 124 Å². The van der Waals surface area contributed by atoms with Crippen LogP contribution in [-0.4, -0.2) is 59.3 Å². The molecule has 7 heteroatoms. The maximum absolute atomic E-state index is 9.00. The van der Waals surface area contributed by atoms with Crippen LogP contribution >= 0.6 is 0 Å². The van der Waals surface area contributed by atoms with Crippen LogP contribution in [0.2, 0.25) is 0 Å². The molecule has 0 heterocycles. The summed E-state index contributed by atoms with van der Waals surface area (Å²) in [5.41, 5.74) is 0. The number of aliphatic hydroxyl groups is 2. The first-order valence-corrected chi connectivity index (χ1v) is 5.22. The van der Waals surface area contributed by atoms with Crippen molar-refractivity contribution in [1.29, 1.82) is 0 Å². The predicted molar refractivity (Wildman–Crippen MR) is 74.2 cm³/mol. The van der Waals surface area contributed by atoms with Gasteiger partial charge in [-0.3, -0.25) is 9.59 Å². The number of carbonyl (C=O) groups is 2. The number of rotatable bonds is 1. The fourth-order valence-corrected chi connectivity index (χ4v) is 0. The van der Waals surface area contributed by atoms with Crippen LogP contribution in [0.25, 0.3) is 0 Å². The molecule has 0 spiro atoms. The quantitative estimate of drug-likeness (QED) is 0.529. The summed E-state index contributed by atoms with van der Waals surface area (Å²) in [4.78, 5) is 18.0. The van der Waals surface area contributed by atoms with Crippen molar-refractivity contribution in [2.75, 3.05) is 20.8 Å². The van der Waals surface area contributed by atoms with Crippen LogP contribution in [0.4, 0.5) is 0 Å². The Bertz CT molecular complexity index is 159. The van der Waals surface area contributed by atoms with E-state index < -0.39 is 18.0 Å². The number of allylic oxidation sites excluding steroid dienone is 1. The molecular weight excluding hydrogens is 256 g/mol. The summed E-state index contributed by atoms with van der Waals surface area (Å²) >= 11 is 0. The number of carboxylic acids is 2. The van der Waals surface area contributed by atoms with Crippen LogP contribution in [0.15, 0.2) is 12.7 Å². The minimum absolute atomic E-state index is 0.139. The third kappa shape index (κ3) is 11200. The highest BCUT2D eigenvalue weighted by Gasteiger charge is 1.83. The predicted octanol–water partition coefficient (Wildman–Crippen LogP) is 0.996. The van der Waals surface area contributed by atoms with Crippen molar-refractivity contribution < 1.29 is 34.8 Å². The molecule has 118 valence electrons. The summed E-state index contributed by atoms with van der Waals surface area (Å²) in [6, 6.07) is 0. The lowest BCUT2D eigenvalue weighted by Gasteiger charge is -1.90. The van der Waals surface area contributed by atoms with Crippen LogP contribution in [0.1, 0.15) is 27.7 Å². The standard InChI is InChI=1S/C3H8O2.C3H6.2C2H4O2.C2H6O/c1-3(5)2-4;1-3-2;2*1-2(3)4;1-3-2/h3-5H,2H2,1H3;3H,1H2,2H3;2*1H3,(H,3,4);1-2H3. The number of carboxylic acid groups (broad SMARTS) is 2. The molecule has 0 saturated heterocycles. The first-order chi connectivity index (χ1) is 8.56. The Morgan fingerprint density at radius 3 is 1.26 bits per heavy atom. The number of aliphatic hydroxyl groups excluding tert-OH is 2. The van der Waals surface area contributed by atoms with E-state index in [-0.39, 0.29) is 6.61 Å². The number of hydrogen-bond donors (Lipinski definition) is 4. The van der Waals surface area contributed by atoms with Gasteiger partial charge in [-0.1, -0.05) is 6.08 Å². The van der Waals surface area contributed by atoms with Crippen LogP contribution < -0.4 is 0 Å². The van der Waals surface area contributed by atoms with Crippen molar-refractivity contribution in [3.63, 3.8) is 0 Å². The van der Waals surface area contributed by atoms with Gasteiger partial charge in [0.1, 0.15) is 0 Å².